The van der Waals surface area contributed by atoms with Crippen molar-refractivity contribution < 1.29 is 9.59 Å². The third-order valence-corrected chi connectivity index (χ3v) is 3.17. The van der Waals surface area contributed by atoms with Crippen LogP contribution in [0.3, 0.4) is 0 Å². The van der Waals surface area contributed by atoms with E-state index in [2.05, 4.69) is 0 Å². The lowest BCUT2D eigenvalue weighted by atomic mass is 10.2. The van der Waals surface area contributed by atoms with Gasteiger partial charge in [-0.25, -0.2) is 4.90 Å². The smallest absolute Gasteiger partial charge is 0.336 e. The third-order valence-electron chi connectivity index (χ3n) is 2.12. The summed E-state index contributed by atoms with van der Waals surface area (Å²) in [6.07, 6.45) is 0. The zero-order chi connectivity index (χ0) is 11.7. The average molecular weight is 233 g/mol. The SMILES string of the molecule is N#CC(=O)N1C(=O)CSc2ccc(N)cc21. The van der Waals surface area contributed by atoms with Crippen LogP contribution in [0.5, 0.6) is 0 Å². The van der Waals surface area contributed by atoms with Crippen LogP contribution in [0.15, 0.2) is 23.1 Å². The predicted molar refractivity (Wildman–Crippen MR) is 59.7 cm³/mol. The van der Waals surface area contributed by atoms with Gasteiger partial charge in [-0.15, -0.1) is 11.8 Å². The van der Waals surface area contributed by atoms with E-state index in [0.717, 1.165) is 9.80 Å². The van der Waals surface area contributed by atoms with Crippen molar-refractivity contribution in [3.05, 3.63) is 18.2 Å². The maximum atomic E-state index is 11.6. The molecule has 5 nitrogen and oxygen atoms in total. The molecule has 16 heavy (non-hydrogen) atoms. The summed E-state index contributed by atoms with van der Waals surface area (Å²) in [6, 6.07) is 6.39. The Hall–Kier alpha value is -2.00. The van der Waals surface area contributed by atoms with Gasteiger partial charge in [-0.1, -0.05) is 0 Å². The number of benzene rings is 1. The minimum atomic E-state index is -0.878. The number of nitrogens with two attached hydrogens (primary N) is 1. The van der Waals surface area contributed by atoms with Crippen molar-refractivity contribution in [2.24, 2.45) is 0 Å². The Morgan fingerprint density at radius 1 is 1.56 bits per heavy atom. The van der Waals surface area contributed by atoms with Crippen molar-refractivity contribution in [2.75, 3.05) is 16.4 Å². The molecule has 0 radical (unpaired) electrons. The molecule has 1 heterocycles. The van der Waals surface area contributed by atoms with Gasteiger partial charge in [0.05, 0.1) is 11.4 Å². The number of carbonyl (C=O) groups excluding carboxylic acids is 2. The molecular weight excluding hydrogens is 226 g/mol. The molecule has 0 aliphatic carbocycles. The number of fused-ring (bicyclic) bond motifs is 1. The highest BCUT2D eigenvalue weighted by Crippen LogP contribution is 2.36. The summed E-state index contributed by atoms with van der Waals surface area (Å²) in [5.41, 5.74) is 6.43. The van der Waals surface area contributed by atoms with Crippen LogP contribution >= 0.6 is 11.8 Å². The van der Waals surface area contributed by atoms with Crippen LogP contribution in [0.1, 0.15) is 0 Å². The van der Waals surface area contributed by atoms with E-state index in [1.807, 2.05) is 0 Å². The first-order chi connectivity index (χ1) is 7.63. The number of amides is 2. The molecule has 0 atom stereocenters. The summed E-state index contributed by atoms with van der Waals surface area (Å²) in [5, 5.41) is 8.57. The van der Waals surface area contributed by atoms with Crippen molar-refractivity contribution in [2.45, 2.75) is 4.90 Å². The van der Waals surface area contributed by atoms with Gasteiger partial charge in [0.15, 0.2) is 6.07 Å². The molecule has 0 saturated carbocycles. The van der Waals surface area contributed by atoms with Crippen LogP contribution < -0.4 is 10.6 Å². The van der Waals surface area contributed by atoms with Gasteiger partial charge in [0, 0.05) is 10.6 Å². The Morgan fingerprint density at radius 3 is 3.00 bits per heavy atom. The van der Waals surface area contributed by atoms with E-state index in [4.69, 9.17) is 11.0 Å². The fourth-order valence-electron chi connectivity index (χ4n) is 1.44. The van der Waals surface area contributed by atoms with Gasteiger partial charge in [-0.05, 0) is 18.2 Å². The highest BCUT2D eigenvalue weighted by Gasteiger charge is 2.29. The average Bonchev–Trinajstić information content (AvgIpc) is 2.28. The molecule has 0 fully saturated rings. The van der Waals surface area contributed by atoms with E-state index in [-0.39, 0.29) is 5.75 Å². The first kappa shape index (κ1) is 10.5. The fourth-order valence-corrected chi connectivity index (χ4v) is 2.31. The van der Waals surface area contributed by atoms with Gasteiger partial charge in [0.1, 0.15) is 0 Å². The lowest BCUT2D eigenvalue weighted by Crippen LogP contribution is -2.39. The first-order valence-electron chi connectivity index (χ1n) is 4.43. The Balaban J connectivity index is 2.55. The molecule has 80 valence electrons. The summed E-state index contributed by atoms with van der Waals surface area (Å²) in [7, 11) is 0. The number of nitriles is 1. The Morgan fingerprint density at radius 2 is 2.31 bits per heavy atom. The number of anilines is 2. The zero-order valence-corrected chi connectivity index (χ0v) is 8.95. The van der Waals surface area contributed by atoms with Gasteiger partial charge >= 0.3 is 5.91 Å². The Kier molecular flexibility index (Phi) is 2.54. The molecule has 0 saturated heterocycles. The van der Waals surface area contributed by atoms with Crippen LogP contribution in [-0.4, -0.2) is 17.6 Å². The molecule has 1 aliphatic heterocycles. The molecule has 0 spiro atoms. The third kappa shape index (κ3) is 1.61. The number of carbonyl (C=O) groups is 2. The zero-order valence-electron chi connectivity index (χ0n) is 8.14. The lowest BCUT2D eigenvalue weighted by Gasteiger charge is -2.25. The molecule has 0 aromatic heterocycles. The second kappa shape index (κ2) is 3.87. The fraction of sp³-hybridized carbons (Fsp3) is 0.100. The van der Waals surface area contributed by atoms with Gasteiger partial charge in [0.25, 0.3) is 0 Å². The minimum Gasteiger partial charge on any atom is -0.399 e. The van der Waals surface area contributed by atoms with E-state index in [0.29, 0.717) is 11.4 Å². The summed E-state index contributed by atoms with van der Waals surface area (Å²) < 4.78 is 0. The van der Waals surface area contributed by atoms with E-state index in [9.17, 15) is 9.59 Å². The normalized spacial score (nSPS) is 14.2. The van der Waals surface area contributed by atoms with Crippen molar-refractivity contribution in [1.82, 2.24) is 0 Å². The standard InChI is InChI=1S/C10H7N3O2S/c11-4-9(14)13-7-3-6(12)1-2-8(7)16-5-10(13)15/h1-3H,5,12H2. The summed E-state index contributed by atoms with van der Waals surface area (Å²) in [6.45, 7) is 0. The van der Waals surface area contributed by atoms with Gasteiger partial charge < -0.3 is 5.73 Å². The molecule has 0 bridgehead atoms. The van der Waals surface area contributed by atoms with Gasteiger partial charge in [-0.2, -0.15) is 5.26 Å². The number of hydrogen-bond donors (Lipinski definition) is 1. The summed E-state index contributed by atoms with van der Waals surface area (Å²) in [5.74, 6) is -1.11. The van der Waals surface area contributed by atoms with Crippen molar-refractivity contribution in [3.63, 3.8) is 0 Å². The predicted octanol–water partition coefficient (Wildman–Crippen LogP) is 0.758. The molecule has 2 N–H and O–H groups in total. The number of imide groups is 1. The molecule has 1 aliphatic rings. The quantitative estimate of drug-likeness (QED) is 0.528. The van der Waals surface area contributed by atoms with Gasteiger partial charge in [-0.3, -0.25) is 9.59 Å². The molecular formula is C10H7N3O2S. The number of nitrogen functional groups attached to an aromatic ring is 1. The van der Waals surface area contributed by atoms with Crippen LogP contribution in [-0.2, 0) is 9.59 Å². The molecule has 6 heteroatoms. The maximum absolute atomic E-state index is 11.6. The number of nitrogens with zero attached hydrogens (tertiary/aromatic N) is 2. The molecule has 1 aromatic carbocycles. The topological polar surface area (TPSA) is 87.2 Å². The second-order valence-corrected chi connectivity index (χ2v) is 4.18. The number of rotatable bonds is 0. The molecule has 2 amide bonds. The van der Waals surface area contributed by atoms with E-state index in [1.54, 1.807) is 12.1 Å². The van der Waals surface area contributed by atoms with E-state index >= 15 is 0 Å². The van der Waals surface area contributed by atoms with Crippen molar-refractivity contribution in [1.29, 1.82) is 5.26 Å². The molecule has 1 aromatic rings. The number of hydrogen-bond acceptors (Lipinski definition) is 5. The Labute approximate surface area is 95.8 Å². The maximum Gasteiger partial charge on any atom is 0.336 e. The van der Waals surface area contributed by atoms with Crippen LogP contribution in [0, 0.1) is 11.3 Å². The van der Waals surface area contributed by atoms with Crippen molar-refractivity contribution >= 4 is 35.0 Å². The highest BCUT2D eigenvalue weighted by molar-refractivity contribution is 8.00. The molecule has 2 rings (SSSR count). The van der Waals surface area contributed by atoms with Crippen molar-refractivity contribution in [3.8, 4) is 6.07 Å². The lowest BCUT2D eigenvalue weighted by molar-refractivity contribution is -0.122. The minimum absolute atomic E-state index is 0.157. The number of thioether (sulfide) groups is 1. The first-order valence-corrected chi connectivity index (χ1v) is 5.41. The van der Waals surface area contributed by atoms with Gasteiger partial charge in [0.2, 0.25) is 5.91 Å². The highest BCUT2D eigenvalue weighted by atomic mass is 32.2. The van der Waals surface area contributed by atoms with Crippen LogP contribution in [0.2, 0.25) is 0 Å². The summed E-state index contributed by atoms with van der Waals surface area (Å²) >= 11 is 1.33. The van der Waals surface area contributed by atoms with E-state index in [1.165, 1.54) is 23.9 Å². The van der Waals surface area contributed by atoms with E-state index < -0.39 is 11.8 Å². The largest absolute Gasteiger partial charge is 0.399 e. The Bertz CT molecular complexity index is 521. The van der Waals surface area contributed by atoms with Crippen LogP contribution in [0.4, 0.5) is 11.4 Å². The second-order valence-electron chi connectivity index (χ2n) is 3.16. The molecule has 0 unspecified atom stereocenters. The summed E-state index contributed by atoms with van der Waals surface area (Å²) in [4.78, 5) is 24.6. The monoisotopic (exact) mass is 233 g/mol. The van der Waals surface area contributed by atoms with Crippen LogP contribution in [0.25, 0.3) is 0 Å².